The summed E-state index contributed by atoms with van der Waals surface area (Å²) in [6.07, 6.45) is 3.07. The predicted octanol–water partition coefficient (Wildman–Crippen LogP) is 4.97. The van der Waals surface area contributed by atoms with Crippen molar-refractivity contribution in [2.45, 2.75) is 45.7 Å². The highest BCUT2D eigenvalue weighted by atomic mass is 35.5. The van der Waals surface area contributed by atoms with Gasteiger partial charge in [-0.25, -0.2) is 8.42 Å². The average molecular weight is 570 g/mol. The van der Waals surface area contributed by atoms with Gasteiger partial charge in [0, 0.05) is 24.5 Å². The minimum Gasteiger partial charge on any atom is -0.354 e. The second-order valence-electron chi connectivity index (χ2n) is 9.60. The van der Waals surface area contributed by atoms with E-state index < -0.39 is 28.5 Å². The number of carbonyl (C=O) groups excluding carboxylic acids is 2. The number of amides is 2. The highest BCUT2D eigenvalue weighted by molar-refractivity contribution is 7.92. The Labute approximate surface area is 236 Å². The Morgan fingerprint density at radius 2 is 1.56 bits per heavy atom. The van der Waals surface area contributed by atoms with Crippen molar-refractivity contribution in [1.29, 1.82) is 0 Å². The molecule has 0 fully saturated rings. The lowest BCUT2D eigenvalue weighted by atomic mass is 10.0. The summed E-state index contributed by atoms with van der Waals surface area (Å²) in [5, 5.41) is 3.52. The van der Waals surface area contributed by atoms with E-state index in [2.05, 4.69) is 5.32 Å². The predicted molar refractivity (Wildman–Crippen MR) is 157 cm³/mol. The number of hydrogen-bond acceptors (Lipinski definition) is 4. The summed E-state index contributed by atoms with van der Waals surface area (Å²) >= 11 is 6.08. The summed E-state index contributed by atoms with van der Waals surface area (Å²) in [5.74, 6) is -0.765. The van der Waals surface area contributed by atoms with Crippen molar-refractivity contribution in [3.05, 3.63) is 101 Å². The Hall–Kier alpha value is -3.36. The summed E-state index contributed by atoms with van der Waals surface area (Å²) in [5.41, 5.74) is 3.01. The fourth-order valence-electron chi connectivity index (χ4n) is 4.17. The van der Waals surface area contributed by atoms with Gasteiger partial charge >= 0.3 is 0 Å². The van der Waals surface area contributed by atoms with Gasteiger partial charge in [-0.3, -0.25) is 13.9 Å². The zero-order valence-corrected chi connectivity index (χ0v) is 24.2. The normalized spacial score (nSPS) is 12.0. The van der Waals surface area contributed by atoms with Gasteiger partial charge in [0.1, 0.15) is 12.6 Å². The molecule has 0 spiro atoms. The molecule has 0 aliphatic rings. The van der Waals surface area contributed by atoms with E-state index in [0.717, 1.165) is 40.1 Å². The smallest absolute Gasteiger partial charge is 0.244 e. The molecular formula is C30H36ClN3O4S. The first-order valence-corrected chi connectivity index (χ1v) is 15.2. The molecule has 3 aromatic rings. The van der Waals surface area contributed by atoms with Crippen LogP contribution in [0.2, 0.25) is 5.02 Å². The number of anilines is 1. The molecule has 0 bridgehead atoms. The molecule has 39 heavy (non-hydrogen) atoms. The van der Waals surface area contributed by atoms with Gasteiger partial charge in [-0.15, -0.1) is 0 Å². The summed E-state index contributed by atoms with van der Waals surface area (Å²) in [7, 11) is -3.79. The molecule has 3 aromatic carbocycles. The first-order chi connectivity index (χ1) is 18.6. The van der Waals surface area contributed by atoms with Crippen LogP contribution in [-0.4, -0.2) is 50.5 Å². The number of nitrogens with zero attached hydrogens (tertiary/aromatic N) is 2. The van der Waals surface area contributed by atoms with E-state index in [1.54, 1.807) is 48.5 Å². The van der Waals surface area contributed by atoms with Crippen LogP contribution in [0.25, 0.3) is 0 Å². The third-order valence-electron chi connectivity index (χ3n) is 6.37. The zero-order chi connectivity index (χ0) is 28.4. The van der Waals surface area contributed by atoms with Crippen LogP contribution in [0.5, 0.6) is 0 Å². The first kappa shape index (κ1) is 30.2. The summed E-state index contributed by atoms with van der Waals surface area (Å²) in [4.78, 5) is 29.0. The molecule has 7 nitrogen and oxygen atoms in total. The highest BCUT2D eigenvalue weighted by Crippen LogP contribution is 2.21. The number of unbranched alkanes of at least 4 members (excludes halogenated alkanes) is 1. The lowest BCUT2D eigenvalue weighted by molar-refractivity contribution is -0.140. The molecule has 1 N–H and O–H groups in total. The number of rotatable bonds is 13. The van der Waals surface area contributed by atoms with Gasteiger partial charge in [0.15, 0.2) is 0 Å². The van der Waals surface area contributed by atoms with Gasteiger partial charge in [0.2, 0.25) is 21.8 Å². The Morgan fingerprint density at radius 3 is 2.15 bits per heavy atom. The van der Waals surface area contributed by atoms with E-state index in [1.807, 2.05) is 44.2 Å². The lowest BCUT2D eigenvalue weighted by Crippen LogP contribution is -2.53. The van der Waals surface area contributed by atoms with Crippen molar-refractivity contribution in [1.82, 2.24) is 10.2 Å². The summed E-state index contributed by atoms with van der Waals surface area (Å²) in [6.45, 7) is 4.10. The molecule has 2 amide bonds. The maximum Gasteiger partial charge on any atom is 0.244 e. The quantitative estimate of drug-likeness (QED) is 0.294. The average Bonchev–Trinajstić information content (AvgIpc) is 2.91. The second kappa shape index (κ2) is 14.1. The summed E-state index contributed by atoms with van der Waals surface area (Å²) < 4.78 is 26.7. The number of benzene rings is 3. The molecule has 0 aromatic heterocycles. The van der Waals surface area contributed by atoms with Gasteiger partial charge in [-0.2, -0.15) is 0 Å². The third-order valence-corrected chi connectivity index (χ3v) is 7.76. The maximum absolute atomic E-state index is 14.0. The van der Waals surface area contributed by atoms with Crippen molar-refractivity contribution in [3.8, 4) is 0 Å². The van der Waals surface area contributed by atoms with E-state index in [4.69, 9.17) is 11.6 Å². The van der Waals surface area contributed by atoms with Crippen LogP contribution >= 0.6 is 11.6 Å². The van der Waals surface area contributed by atoms with Crippen LogP contribution in [0.1, 0.15) is 36.5 Å². The van der Waals surface area contributed by atoms with Crippen LogP contribution in [0.4, 0.5) is 5.69 Å². The molecule has 0 unspecified atom stereocenters. The lowest BCUT2D eigenvalue weighted by Gasteiger charge is -2.33. The Bertz CT molecular complexity index is 1330. The molecule has 0 saturated carbocycles. The van der Waals surface area contributed by atoms with Gasteiger partial charge in [0.25, 0.3) is 0 Å². The monoisotopic (exact) mass is 569 g/mol. The largest absolute Gasteiger partial charge is 0.354 e. The Balaban J connectivity index is 2.01. The molecular weight excluding hydrogens is 534 g/mol. The molecule has 0 aliphatic carbocycles. The zero-order valence-electron chi connectivity index (χ0n) is 22.6. The standard InChI is InChI=1S/C30H36ClN3O4S/c1-4-5-19-32-30(36)28(20-24-9-7-6-8-10-24)33(21-25-13-15-26(31)16-14-25)29(35)22-34(39(3,37)38)27-17-11-23(2)12-18-27/h6-18,28H,4-5,19-22H2,1-3H3,(H,32,36)/t28-/m0/s1. The SMILES string of the molecule is CCCCNC(=O)[C@H](Cc1ccccc1)N(Cc1ccc(Cl)cc1)C(=O)CN(c1ccc(C)cc1)S(C)(=O)=O. The molecule has 9 heteroatoms. The third kappa shape index (κ3) is 9.11. The topological polar surface area (TPSA) is 86.8 Å². The van der Waals surface area contributed by atoms with Gasteiger partial charge in [0.05, 0.1) is 11.9 Å². The van der Waals surface area contributed by atoms with Crippen molar-refractivity contribution in [2.24, 2.45) is 0 Å². The van der Waals surface area contributed by atoms with Crippen LogP contribution in [0.3, 0.4) is 0 Å². The van der Waals surface area contributed by atoms with Crippen molar-refractivity contribution in [2.75, 3.05) is 23.7 Å². The fraction of sp³-hybridized carbons (Fsp3) is 0.333. The Morgan fingerprint density at radius 1 is 0.923 bits per heavy atom. The van der Waals surface area contributed by atoms with Crippen molar-refractivity contribution < 1.29 is 18.0 Å². The number of nitrogens with one attached hydrogen (secondary N) is 1. The summed E-state index contributed by atoms with van der Waals surface area (Å²) in [6, 6.07) is 22.6. The molecule has 1 atom stereocenters. The van der Waals surface area contributed by atoms with E-state index in [0.29, 0.717) is 17.3 Å². The second-order valence-corrected chi connectivity index (χ2v) is 11.9. The van der Waals surface area contributed by atoms with Crippen LogP contribution in [0.15, 0.2) is 78.9 Å². The van der Waals surface area contributed by atoms with Crippen LogP contribution in [0, 0.1) is 6.92 Å². The Kier molecular flexibility index (Phi) is 10.9. The van der Waals surface area contributed by atoms with E-state index >= 15 is 0 Å². The number of sulfonamides is 1. The number of hydrogen-bond donors (Lipinski definition) is 1. The van der Waals surface area contributed by atoms with Gasteiger partial charge in [-0.1, -0.05) is 85.1 Å². The maximum atomic E-state index is 14.0. The molecule has 0 saturated heterocycles. The van der Waals surface area contributed by atoms with Crippen molar-refractivity contribution in [3.63, 3.8) is 0 Å². The number of halogens is 1. The molecule has 0 heterocycles. The molecule has 0 aliphatic heterocycles. The van der Waals surface area contributed by atoms with Gasteiger partial charge in [-0.05, 0) is 48.7 Å². The van der Waals surface area contributed by atoms with Crippen molar-refractivity contribution >= 4 is 39.1 Å². The van der Waals surface area contributed by atoms with E-state index in [1.165, 1.54) is 4.90 Å². The van der Waals surface area contributed by atoms with Gasteiger partial charge < -0.3 is 10.2 Å². The minimum atomic E-state index is -3.79. The first-order valence-electron chi connectivity index (χ1n) is 13.0. The minimum absolute atomic E-state index is 0.111. The van der Waals surface area contributed by atoms with Crippen LogP contribution < -0.4 is 9.62 Å². The molecule has 0 radical (unpaired) electrons. The molecule has 3 rings (SSSR count). The number of carbonyl (C=O) groups is 2. The highest BCUT2D eigenvalue weighted by Gasteiger charge is 2.32. The van der Waals surface area contributed by atoms with E-state index in [9.17, 15) is 18.0 Å². The number of aryl methyl sites for hydroxylation is 1. The fourth-order valence-corrected chi connectivity index (χ4v) is 5.15. The van der Waals surface area contributed by atoms with E-state index in [-0.39, 0.29) is 18.9 Å². The van der Waals surface area contributed by atoms with Crippen LogP contribution in [-0.2, 0) is 32.6 Å². The molecule has 208 valence electrons.